The third kappa shape index (κ3) is 5.38. The zero-order chi connectivity index (χ0) is 14.1. The quantitative estimate of drug-likeness (QED) is 0.682. The molecule has 0 saturated carbocycles. The average Bonchev–Trinajstić information content (AvgIpc) is 2.42. The molecule has 0 unspecified atom stereocenters. The summed E-state index contributed by atoms with van der Waals surface area (Å²) in [4.78, 5) is 3.93. The molecule has 1 aromatic rings. The summed E-state index contributed by atoms with van der Waals surface area (Å²) >= 11 is 1.81. The first kappa shape index (κ1) is 16.3. The zero-order valence-electron chi connectivity index (χ0n) is 11.3. The Morgan fingerprint density at radius 1 is 1.32 bits per heavy atom. The summed E-state index contributed by atoms with van der Waals surface area (Å²) in [5, 5.41) is 2.89. The summed E-state index contributed by atoms with van der Waals surface area (Å²) in [7, 11) is -1.85. The van der Waals surface area contributed by atoms with E-state index in [0.29, 0.717) is 12.2 Å². The Morgan fingerprint density at radius 2 is 2.11 bits per heavy atom. The lowest BCUT2D eigenvalue weighted by atomic mass is 10.2. The van der Waals surface area contributed by atoms with Crippen LogP contribution in [0.5, 0.6) is 0 Å². The maximum Gasteiger partial charge on any atom is 0.260 e. The zero-order valence-corrected chi connectivity index (χ0v) is 13.0. The Morgan fingerprint density at radius 3 is 2.79 bits per heavy atom. The normalized spacial score (nSPS) is 11.5. The smallest absolute Gasteiger partial charge is 0.260 e. The molecule has 5 nitrogen and oxygen atoms in total. The molecule has 108 valence electrons. The average molecular weight is 303 g/mol. The maximum absolute atomic E-state index is 12.1. The molecule has 0 spiro atoms. The van der Waals surface area contributed by atoms with E-state index in [0.717, 1.165) is 25.0 Å². The van der Waals surface area contributed by atoms with Crippen LogP contribution in [0.15, 0.2) is 23.4 Å². The highest BCUT2D eigenvalue weighted by Gasteiger charge is 2.18. The fraction of sp³-hybridized carbons (Fsp3) is 0.583. The van der Waals surface area contributed by atoms with Crippen LogP contribution >= 0.6 is 11.8 Å². The highest BCUT2D eigenvalue weighted by molar-refractivity contribution is 7.98. The van der Waals surface area contributed by atoms with Gasteiger partial charge in [-0.2, -0.15) is 11.8 Å². The number of nitrogens with one attached hydrogen (secondary N) is 2. The predicted molar refractivity (Wildman–Crippen MR) is 81.2 cm³/mol. The minimum absolute atomic E-state index is 0.0570. The largest absolute Gasteiger partial charge is 0.386 e. The number of hydrogen-bond donors (Lipinski definition) is 2. The molecule has 0 fully saturated rings. The number of thioether (sulfide) groups is 1. The van der Waals surface area contributed by atoms with Gasteiger partial charge in [-0.15, -0.1) is 0 Å². The monoisotopic (exact) mass is 303 g/mol. The Bertz CT molecular complexity index is 478. The molecule has 0 atom stereocenters. The summed E-state index contributed by atoms with van der Waals surface area (Å²) in [6.45, 7) is 0.455. The van der Waals surface area contributed by atoms with Gasteiger partial charge in [0.05, 0.1) is 5.69 Å². The molecule has 0 amide bonds. The van der Waals surface area contributed by atoms with Gasteiger partial charge in [0.25, 0.3) is 10.0 Å². The molecule has 0 radical (unpaired) electrons. The summed E-state index contributed by atoms with van der Waals surface area (Å²) in [5.74, 6) is 1.12. The lowest BCUT2D eigenvalue weighted by molar-refractivity contribution is 0.573. The summed E-state index contributed by atoms with van der Waals surface area (Å²) < 4.78 is 26.8. The second kappa shape index (κ2) is 8.39. The number of aromatic nitrogens is 1. The Kier molecular flexibility index (Phi) is 7.19. The van der Waals surface area contributed by atoms with Crippen LogP contribution in [0.4, 0.5) is 5.69 Å². The third-order valence-corrected chi connectivity index (χ3v) is 4.73. The van der Waals surface area contributed by atoms with Crippen molar-refractivity contribution in [3.05, 3.63) is 18.3 Å². The minimum atomic E-state index is -3.52. The standard InChI is InChI=1S/C12H21N3O2S2/c1-13-11-7-6-8-14-12(11)19(16,17)15-9-4-3-5-10-18-2/h6-8,13,15H,3-5,9-10H2,1-2H3. The van der Waals surface area contributed by atoms with Crippen molar-refractivity contribution >= 4 is 27.5 Å². The topological polar surface area (TPSA) is 71.1 Å². The van der Waals surface area contributed by atoms with Crippen molar-refractivity contribution in [3.63, 3.8) is 0 Å². The van der Waals surface area contributed by atoms with Crippen LogP contribution in [0.1, 0.15) is 19.3 Å². The van der Waals surface area contributed by atoms with Gasteiger partial charge < -0.3 is 5.32 Å². The molecular weight excluding hydrogens is 282 g/mol. The second-order valence-electron chi connectivity index (χ2n) is 4.06. The lowest BCUT2D eigenvalue weighted by Gasteiger charge is -2.09. The Hall–Kier alpha value is -0.790. The van der Waals surface area contributed by atoms with E-state index in [-0.39, 0.29) is 5.03 Å². The lowest BCUT2D eigenvalue weighted by Crippen LogP contribution is -2.26. The highest BCUT2D eigenvalue weighted by Crippen LogP contribution is 2.16. The van der Waals surface area contributed by atoms with Crippen LogP contribution < -0.4 is 10.0 Å². The number of anilines is 1. The van der Waals surface area contributed by atoms with Gasteiger partial charge in [-0.05, 0) is 37.0 Å². The molecule has 2 N–H and O–H groups in total. The van der Waals surface area contributed by atoms with E-state index in [9.17, 15) is 8.42 Å². The van der Waals surface area contributed by atoms with Crippen molar-refractivity contribution in [1.29, 1.82) is 0 Å². The van der Waals surface area contributed by atoms with Gasteiger partial charge >= 0.3 is 0 Å². The highest BCUT2D eigenvalue weighted by atomic mass is 32.2. The first-order valence-corrected chi connectivity index (χ1v) is 9.11. The van der Waals surface area contributed by atoms with Gasteiger partial charge in [0.2, 0.25) is 0 Å². The van der Waals surface area contributed by atoms with Gasteiger partial charge in [0.1, 0.15) is 0 Å². The van der Waals surface area contributed by atoms with Crippen LogP contribution in [0, 0.1) is 0 Å². The van der Waals surface area contributed by atoms with Crippen molar-refractivity contribution in [1.82, 2.24) is 9.71 Å². The number of sulfonamides is 1. The minimum Gasteiger partial charge on any atom is -0.386 e. The SMILES string of the molecule is CNc1cccnc1S(=O)(=O)NCCCCCSC. The fourth-order valence-corrected chi connectivity index (χ4v) is 3.32. The summed E-state index contributed by atoms with van der Waals surface area (Å²) in [5.41, 5.74) is 0.511. The van der Waals surface area contributed by atoms with Crippen LogP contribution in [0.2, 0.25) is 0 Å². The molecule has 0 aliphatic rings. The van der Waals surface area contributed by atoms with Gasteiger partial charge in [0.15, 0.2) is 5.03 Å². The van der Waals surface area contributed by atoms with E-state index in [1.165, 1.54) is 6.20 Å². The molecule has 1 aromatic heterocycles. The van der Waals surface area contributed by atoms with Gasteiger partial charge in [-0.25, -0.2) is 18.1 Å². The van der Waals surface area contributed by atoms with Crippen LogP contribution in [-0.2, 0) is 10.0 Å². The first-order chi connectivity index (χ1) is 9.11. The molecule has 0 aliphatic heterocycles. The number of rotatable bonds is 9. The van der Waals surface area contributed by atoms with Crippen molar-refractivity contribution in [3.8, 4) is 0 Å². The number of hydrogen-bond acceptors (Lipinski definition) is 5. The van der Waals surface area contributed by atoms with Crippen LogP contribution in [-0.4, -0.2) is 39.0 Å². The molecule has 0 bridgehead atoms. The number of pyridine rings is 1. The molecular formula is C12H21N3O2S2. The van der Waals surface area contributed by atoms with E-state index in [4.69, 9.17) is 0 Å². The predicted octanol–water partition coefficient (Wildman–Crippen LogP) is 1.93. The van der Waals surface area contributed by atoms with Crippen LogP contribution in [0.25, 0.3) is 0 Å². The van der Waals surface area contributed by atoms with E-state index in [1.807, 2.05) is 11.8 Å². The number of unbranched alkanes of at least 4 members (excludes halogenated alkanes) is 2. The molecule has 0 aromatic carbocycles. The maximum atomic E-state index is 12.1. The van der Waals surface area contributed by atoms with Gasteiger partial charge in [0, 0.05) is 19.8 Å². The van der Waals surface area contributed by atoms with Crippen molar-refractivity contribution in [2.45, 2.75) is 24.3 Å². The molecule has 1 heterocycles. The number of nitrogens with zero attached hydrogens (tertiary/aromatic N) is 1. The van der Waals surface area contributed by atoms with E-state index in [2.05, 4.69) is 21.3 Å². The van der Waals surface area contributed by atoms with Crippen molar-refractivity contribution in [2.75, 3.05) is 30.9 Å². The first-order valence-electron chi connectivity index (χ1n) is 6.23. The Labute approximate surface area is 119 Å². The molecule has 0 saturated heterocycles. The van der Waals surface area contributed by atoms with E-state index in [1.54, 1.807) is 19.2 Å². The molecule has 19 heavy (non-hydrogen) atoms. The van der Waals surface area contributed by atoms with Crippen molar-refractivity contribution < 1.29 is 8.42 Å². The molecule has 0 aliphatic carbocycles. The summed E-state index contributed by atoms with van der Waals surface area (Å²) in [6, 6.07) is 3.40. The van der Waals surface area contributed by atoms with E-state index >= 15 is 0 Å². The summed E-state index contributed by atoms with van der Waals surface area (Å²) in [6.07, 6.45) is 6.55. The fourth-order valence-electron chi connectivity index (χ4n) is 1.62. The van der Waals surface area contributed by atoms with Crippen LogP contribution in [0.3, 0.4) is 0 Å². The molecule has 1 rings (SSSR count). The van der Waals surface area contributed by atoms with Gasteiger partial charge in [-0.3, -0.25) is 0 Å². The second-order valence-corrected chi connectivity index (χ2v) is 6.73. The van der Waals surface area contributed by atoms with E-state index < -0.39 is 10.0 Å². The Balaban J connectivity index is 2.52. The van der Waals surface area contributed by atoms with Crippen molar-refractivity contribution in [2.24, 2.45) is 0 Å². The third-order valence-electron chi connectivity index (χ3n) is 2.61. The molecule has 7 heteroatoms. The van der Waals surface area contributed by atoms with Gasteiger partial charge in [-0.1, -0.05) is 6.42 Å².